The third-order valence-corrected chi connectivity index (χ3v) is 5.12. The highest BCUT2D eigenvalue weighted by atomic mass is 32.2. The van der Waals surface area contributed by atoms with Gasteiger partial charge in [0.15, 0.2) is 5.78 Å². The van der Waals surface area contributed by atoms with Crippen molar-refractivity contribution >= 4 is 17.5 Å². The molecule has 1 aromatic heterocycles. The molecule has 0 bridgehead atoms. The Balaban J connectivity index is 1.97. The molecular formula is C15H24N2OS. The van der Waals surface area contributed by atoms with Crippen LogP contribution >= 0.6 is 11.8 Å². The first-order valence-electron chi connectivity index (χ1n) is 6.93. The highest BCUT2D eigenvalue weighted by Crippen LogP contribution is 2.30. The van der Waals surface area contributed by atoms with E-state index in [1.807, 2.05) is 31.7 Å². The standard InChI is InChI=1S/C15H24N2OS/c1-11-9-13(12(2)16-11)14(18)10-17-6-5-15(3,4)19-8-7-17/h9,16H,5-8,10H2,1-4H3. The van der Waals surface area contributed by atoms with E-state index in [2.05, 4.69) is 23.7 Å². The molecule has 0 aromatic carbocycles. The highest BCUT2D eigenvalue weighted by Gasteiger charge is 2.25. The van der Waals surface area contributed by atoms with Crippen LogP contribution in [0.3, 0.4) is 0 Å². The van der Waals surface area contributed by atoms with Crippen molar-refractivity contribution in [3.63, 3.8) is 0 Å². The highest BCUT2D eigenvalue weighted by molar-refractivity contribution is 8.00. The molecule has 0 aliphatic carbocycles. The first kappa shape index (κ1) is 14.7. The number of aromatic amines is 1. The maximum absolute atomic E-state index is 12.4. The molecule has 1 fully saturated rings. The first-order valence-corrected chi connectivity index (χ1v) is 7.92. The average Bonchev–Trinajstić information content (AvgIpc) is 2.55. The van der Waals surface area contributed by atoms with E-state index >= 15 is 0 Å². The molecule has 1 aliphatic heterocycles. The number of rotatable bonds is 3. The zero-order valence-corrected chi connectivity index (χ0v) is 13.2. The fourth-order valence-corrected chi connectivity index (χ4v) is 3.66. The number of carbonyl (C=O) groups excluding carboxylic acids is 1. The van der Waals surface area contributed by atoms with Crippen LogP contribution in [-0.2, 0) is 0 Å². The van der Waals surface area contributed by atoms with Gasteiger partial charge in [0.2, 0.25) is 0 Å². The second kappa shape index (κ2) is 5.71. The molecule has 0 saturated carbocycles. The van der Waals surface area contributed by atoms with Crippen LogP contribution in [0.1, 0.15) is 42.0 Å². The molecule has 1 saturated heterocycles. The zero-order chi connectivity index (χ0) is 14.0. The van der Waals surface area contributed by atoms with Gasteiger partial charge in [0.1, 0.15) is 0 Å². The number of ketones is 1. The Morgan fingerprint density at radius 3 is 2.79 bits per heavy atom. The Bertz CT molecular complexity index is 465. The normalized spacial score (nSPS) is 20.2. The summed E-state index contributed by atoms with van der Waals surface area (Å²) in [5.74, 6) is 1.36. The van der Waals surface area contributed by atoms with Crippen molar-refractivity contribution in [1.82, 2.24) is 9.88 Å². The Kier molecular flexibility index (Phi) is 4.41. The van der Waals surface area contributed by atoms with E-state index in [0.717, 1.165) is 42.2 Å². The summed E-state index contributed by atoms with van der Waals surface area (Å²) in [7, 11) is 0. The molecule has 0 radical (unpaired) electrons. The lowest BCUT2D eigenvalue weighted by atomic mass is 10.1. The van der Waals surface area contributed by atoms with Crippen molar-refractivity contribution in [2.45, 2.75) is 38.9 Å². The number of aromatic nitrogens is 1. The van der Waals surface area contributed by atoms with Gasteiger partial charge < -0.3 is 4.98 Å². The largest absolute Gasteiger partial charge is 0.362 e. The molecule has 2 heterocycles. The van der Waals surface area contributed by atoms with Crippen molar-refractivity contribution in [3.05, 3.63) is 23.0 Å². The first-order chi connectivity index (χ1) is 8.87. The SMILES string of the molecule is Cc1cc(C(=O)CN2CCSC(C)(C)CC2)c(C)[nH]1. The lowest BCUT2D eigenvalue weighted by molar-refractivity contribution is 0.0933. The number of hydrogen-bond donors (Lipinski definition) is 1. The van der Waals surface area contributed by atoms with Gasteiger partial charge in [0.05, 0.1) is 6.54 Å². The van der Waals surface area contributed by atoms with E-state index in [-0.39, 0.29) is 5.78 Å². The van der Waals surface area contributed by atoms with Crippen molar-refractivity contribution in [1.29, 1.82) is 0 Å². The van der Waals surface area contributed by atoms with Crippen LogP contribution in [0.2, 0.25) is 0 Å². The predicted octanol–water partition coefficient (Wildman–Crippen LogP) is 3.03. The fraction of sp³-hybridized carbons (Fsp3) is 0.667. The minimum Gasteiger partial charge on any atom is -0.362 e. The van der Waals surface area contributed by atoms with E-state index in [0.29, 0.717) is 11.3 Å². The molecule has 0 unspecified atom stereocenters. The third-order valence-electron chi connectivity index (χ3n) is 3.75. The number of hydrogen-bond acceptors (Lipinski definition) is 3. The maximum Gasteiger partial charge on any atom is 0.178 e. The number of nitrogens with zero attached hydrogens (tertiary/aromatic N) is 1. The summed E-state index contributed by atoms with van der Waals surface area (Å²) in [6, 6.07) is 1.97. The Morgan fingerprint density at radius 1 is 1.42 bits per heavy atom. The van der Waals surface area contributed by atoms with Crippen LogP contribution in [0.25, 0.3) is 0 Å². The van der Waals surface area contributed by atoms with Crippen LogP contribution in [0, 0.1) is 13.8 Å². The number of nitrogens with one attached hydrogen (secondary N) is 1. The quantitative estimate of drug-likeness (QED) is 0.865. The smallest absolute Gasteiger partial charge is 0.178 e. The molecule has 0 atom stereocenters. The van der Waals surface area contributed by atoms with Gasteiger partial charge in [-0.15, -0.1) is 0 Å². The van der Waals surface area contributed by atoms with Gasteiger partial charge in [0.25, 0.3) is 0 Å². The van der Waals surface area contributed by atoms with Gasteiger partial charge in [-0.2, -0.15) is 11.8 Å². The molecule has 1 aliphatic rings. The number of thioether (sulfide) groups is 1. The summed E-state index contributed by atoms with van der Waals surface area (Å²) in [4.78, 5) is 17.9. The monoisotopic (exact) mass is 280 g/mol. The van der Waals surface area contributed by atoms with E-state index in [1.165, 1.54) is 0 Å². The maximum atomic E-state index is 12.4. The molecule has 0 amide bonds. The second-order valence-corrected chi connectivity index (χ2v) is 7.85. The third kappa shape index (κ3) is 3.86. The van der Waals surface area contributed by atoms with Crippen LogP contribution in [0.4, 0.5) is 0 Å². The number of carbonyl (C=O) groups is 1. The van der Waals surface area contributed by atoms with Gasteiger partial charge in [-0.3, -0.25) is 9.69 Å². The molecule has 106 valence electrons. The summed E-state index contributed by atoms with van der Waals surface area (Å²) in [5.41, 5.74) is 2.91. The molecule has 4 heteroatoms. The molecule has 3 nitrogen and oxygen atoms in total. The molecule has 19 heavy (non-hydrogen) atoms. The summed E-state index contributed by atoms with van der Waals surface area (Å²) < 4.78 is 0.346. The number of H-pyrrole nitrogens is 1. The van der Waals surface area contributed by atoms with Crippen molar-refractivity contribution in [2.75, 3.05) is 25.4 Å². The van der Waals surface area contributed by atoms with E-state index < -0.39 is 0 Å². The number of Topliss-reactive ketones (excluding diaryl/α,β-unsaturated/α-hetero) is 1. The van der Waals surface area contributed by atoms with Gasteiger partial charge in [0, 0.05) is 34.0 Å². The van der Waals surface area contributed by atoms with Gasteiger partial charge in [-0.25, -0.2) is 0 Å². The average molecular weight is 280 g/mol. The van der Waals surface area contributed by atoms with Crippen LogP contribution < -0.4 is 0 Å². The molecule has 1 N–H and O–H groups in total. The zero-order valence-electron chi connectivity index (χ0n) is 12.4. The van der Waals surface area contributed by atoms with Gasteiger partial charge in [-0.1, -0.05) is 13.8 Å². The fourth-order valence-electron chi connectivity index (χ4n) is 2.52. The Labute approximate surface area is 120 Å². The Morgan fingerprint density at radius 2 is 2.16 bits per heavy atom. The van der Waals surface area contributed by atoms with Crippen molar-refractivity contribution in [3.8, 4) is 0 Å². The summed E-state index contributed by atoms with van der Waals surface area (Å²) in [6.07, 6.45) is 1.15. The second-order valence-electron chi connectivity index (χ2n) is 6.05. The lowest BCUT2D eigenvalue weighted by Crippen LogP contribution is -2.32. The van der Waals surface area contributed by atoms with Crippen LogP contribution in [0.5, 0.6) is 0 Å². The molecule has 2 rings (SSSR count). The predicted molar refractivity (Wildman–Crippen MR) is 82.2 cm³/mol. The lowest BCUT2D eigenvalue weighted by Gasteiger charge is -2.22. The number of aryl methyl sites for hydroxylation is 2. The van der Waals surface area contributed by atoms with Crippen molar-refractivity contribution in [2.24, 2.45) is 0 Å². The topological polar surface area (TPSA) is 36.1 Å². The van der Waals surface area contributed by atoms with E-state index in [9.17, 15) is 4.79 Å². The molecular weight excluding hydrogens is 256 g/mol. The van der Waals surface area contributed by atoms with Crippen molar-refractivity contribution < 1.29 is 4.79 Å². The Hall–Kier alpha value is -0.740. The minimum atomic E-state index is 0.242. The van der Waals surface area contributed by atoms with E-state index in [1.54, 1.807) is 0 Å². The summed E-state index contributed by atoms with van der Waals surface area (Å²) in [5, 5.41) is 0. The molecule has 1 aromatic rings. The minimum absolute atomic E-state index is 0.242. The molecule has 0 spiro atoms. The van der Waals surface area contributed by atoms with Crippen LogP contribution in [0.15, 0.2) is 6.07 Å². The van der Waals surface area contributed by atoms with Gasteiger partial charge in [-0.05, 0) is 32.9 Å². The van der Waals surface area contributed by atoms with Gasteiger partial charge >= 0.3 is 0 Å². The summed E-state index contributed by atoms with van der Waals surface area (Å²) >= 11 is 2.02. The van der Waals surface area contributed by atoms with Crippen LogP contribution in [-0.4, -0.2) is 45.8 Å². The van der Waals surface area contributed by atoms with E-state index in [4.69, 9.17) is 0 Å². The summed E-state index contributed by atoms with van der Waals surface area (Å²) in [6.45, 7) is 11.1.